The van der Waals surface area contributed by atoms with Crippen molar-refractivity contribution >= 4 is 15.9 Å². The van der Waals surface area contributed by atoms with Crippen LogP contribution < -0.4 is 14.8 Å². The van der Waals surface area contributed by atoms with Gasteiger partial charge in [-0.3, -0.25) is 4.79 Å². The molecule has 8 nitrogen and oxygen atoms in total. The number of hydrogen-bond acceptors (Lipinski definition) is 6. The lowest BCUT2D eigenvalue weighted by molar-refractivity contribution is 0.0950. The third kappa shape index (κ3) is 7.19. The van der Waals surface area contributed by atoms with Gasteiger partial charge in [0.25, 0.3) is 5.91 Å². The van der Waals surface area contributed by atoms with Crippen molar-refractivity contribution in [2.24, 2.45) is 0 Å². The molecule has 2 aromatic carbocycles. The van der Waals surface area contributed by atoms with Crippen molar-refractivity contribution in [3.8, 4) is 11.5 Å². The van der Waals surface area contributed by atoms with Crippen LogP contribution in [0.4, 0.5) is 0 Å². The Hall–Kier alpha value is -2.62. The van der Waals surface area contributed by atoms with Gasteiger partial charge in [-0.1, -0.05) is 33.8 Å². The molecule has 34 heavy (non-hydrogen) atoms. The summed E-state index contributed by atoms with van der Waals surface area (Å²) in [6.07, 6.45) is 0. The Morgan fingerprint density at radius 1 is 0.912 bits per heavy atom. The summed E-state index contributed by atoms with van der Waals surface area (Å²) in [5, 5.41) is 2.86. The summed E-state index contributed by atoms with van der Waals surface area (Å²) < 4.78 is 37.9. The van der Waals surface area contributed by atoms with Gasteiger partial charge in [0.1, 0.15) is 6.61 Å². The number of carbonyl (C=O) groups is 1. The molecule has 0 spiro atoms. The number of methoxy groups -OCH3 is 1. The predicted molar refractivity (Wildman–Crippen MR) is 134 cm³/mol. The zero-order valence-corrected chi connectivity index (χ0v) is 21.7. The fourth-order valence-corrected chi connectivity index (χ4v) is 5.00. The zero-order chi connectivity index (χ0) is 25.1. The summed E-state index contributed by atoms with van der Waals surface area (Å²) in [5.41, 5.74) is 1.25. The van der Waals surface area contributed by atoms with Crippen LogP contribution in [0, 0.1) is 0 Å². The molecule has 0 aliphatic rings. The van der Waals surface area contributed by atoms with E-state index in [2.05, 4.69) is 24.1 Å². The van der Waals surface area contributed by atoms with E-state index in [0.717, 1.165) is 25.2 Å². The van der Waals surface area contributed by atoms with Crippen molar-refractivity contribution in [1.82, 2.24) is 14.5 Å². The fourth-order valence-electron chi connectivity index (χ4n) is 3.54. The summed E-state index contributed by atoms with van der Waals surface area (Å²) in [7, 11) is -1.97. The molecule has 0 atom stereocenters. The molecule has 0 radical (unpaired) electrons. The zero-order valence-electron chi connectivity index (χ0n) is 20.8. The van der Waals surface area contributed by atoms with Gasteiger partial charge in [-0.25, -0.2) is 8.42 Å². The molecule has 0 aromatic heterocycles. The first-order valence-corrected chi connectivity index (χ1v) is 13.1. The topological polar surface area (TPSA) is 88.2 Å². The van der Waals surface area contributed by atoms with Crippen LogP contribution in [-0.2, 0) is 16.6 Å². The quantitative estimate of drug-likeness (QED) is 0.436. The monoisotopic (exact) mass is 491 g/mol. The van der Waals surface area contributed by atoms with Crippen LogP contribution in [0.3, 0.4) is 0 Å². The summed E-state index contributed by atoms with van der Waals surface area (Å²) in [6.45, 7) is 12.3. The molecule has 0 fully saturated rings. The van der Waals surface area contributed by atoms with Crippen LogP contribution in [-0.4, -0.2) is 70.0 Å². The molecule has 9 heteroatoms. The van der Waals surface area contributed by atoms with E-state index in [9.17, 15) is 13.2 Å². The number of hydrogen-bond donors (Lipinski definition) is 1. The van der Waals surface area contributed by atoms with E-state index in [4.69, 9.17) is 9.47 Å². The molecule has 0 bridgehead atoms. The highest BCUT2D eigenvalue weighted by Crippen LogP contribution is 2.28. The van der Waals surface area contributed by atoms with Crippen LogP contribution in [0.2, 0.25) is 0 Å². The average molecular weight is 492 g/mol. The lowest BCUT2D eigenvalue weighted by Gasteiger charge is -2.19. The number of amides is 1. The molecule has 0 aliphatic carbocycles. The van der Waals surface area contributed by atoms with Crippen molar-refractivity contribution in [2.75, 3.05) is 46.4 Å². The standard InChI is InChI=1S/C25H37N3O5S/c1-6-27(7-2)16-17-33-23-15-10-20(18-24(23)32-5)19-26-25(29)21-11-13-22(14-12-21)34(30,31)28(8-3)9-4/h10-15,18H,6-9,16-17,19H2,1-5H3,(H,26,29). The Morgan fingerprint density at radius 3 is 2.12 bits per heavy atom. The molecule has 2 aromatic rings. The Balaban J connectivity index is 1.99. The number of nitrogens with zero attached hydrogens (tertiary/aromatic N) is 2. The third-order valence-electron chi connectivity index (χ3n) is 5.70. The smallest absolute Gasteiger partial charge is 0.251 e. The van der Waals surface area contributed by atoms with Gasteiger partial charge in [-0.2, -0.15) is 4.31 Å². The maximum Gasteiger partial charge on any atom is 0.251 e. The Morgan fingerprint density at radius 2 is 1.56 bits per heavy atom. The molecule has 0 saturated carbocycles. The molecule has 0 aliphatic heterocycles. The Labute approximate surface area is 203 Å². The second kappa shape index (κ2) is 13.3. The molecular weight excluding hydrogens is 454 g/mol. The minimum Gasteiger partial charge on any atom is -0.493 e. The molecule has 1 amide bonds. The van der Waals surface area contributed by atoms with Crippen molar-refractivity contribution in [1.29, 1.82) is 0 Å². The molecular formula is C25H37N3O5S. The SMILES string of the molecule is CCN(CC)CCOc1ccc(CNC(=O)c2ccc(S(=O)(=O)N(CC)CC)cc2)cc1OC. The number of rotatable bonds is 14. The van der Waals surface area contributed by atoms with E-state index >= 15 is 0 Å². The largest absolute Gasteiger partial charge is 0.493 e. The summed E-state index contributed by atoms with van der Waals surface area (Å²) in [4.78, 5) is 15.0. The van der Waals surface area contributed by atoms with Crippen LogP contribution in [0.5, 0.6) is 11.5 Å². The van der Waals surface area contributed by atoms with Crippen molar-refractivity contribution in [2.45, 2.75) is 39.1 Å². The van der Waals surface area contributed by atoms with Gasteiger partial charge in [0, 0.05) is 31.7 Å². The number of nitrogens with one attached hydrogen (secondary N) is 1. The highest BCUT2D eigenvalue weighted by atomic mass is 32.2. The molecule has 0 heterocycles. The number of sulfonamides is 1. The maximum absolute atomic E-state index is 12.6. The number of likely N-dealkylation sites (N-methyl/N-ethyl adjacent to an activating group) is 1. The first-order valence-electron chi connectivity index (χ1n) is 11.7. The molecule has 0 unspecified atom stereocenters. The van der Waals surface area contributed by atoms with E-state index in [-0.39, 0.29) is 10.8 Å². The average Bonchev–Trinajstić information content (AvgIpc) is 2.86. The van der Waals surface area contributed by atoms with Crippen LogP contribution >= 0.6 is 0 Å². The second-order valence-electron chi connectivity index (χ2n) is 7.66. The molecule has 1 N–H and O–H groups in total. The summed E-state index contributed by atoms with van der Waals surface area (Å²) in [5.74, 6) is 0.984. The maximum atomic E-state index is 12.6. The molecule has 0 saturated heterocycles. The summed E-state index contributed by atoms with van der Waals surface area (Å²) >= 11 is 0. The highest BCUT2D eigenvalue weighted by molar-refractivity contribution is 7.89. The normalized spacial score (nSPS) is 11.6. The minimum absolute atomic E-state index is 0.175. The van der Waals surface area contributed by atoms with Crippen molar-refractivity contribution in [3.05, 3.63) is 53.6 Å². The predicted octanol–water partition coefficient (Wildman–Crippen LogP) is 3.38. The van der Waals surface area contributed by atoms with Gasteiger partial charge in [0.15, 0.2) is 11.5 Å². The van der Waals surface area contributed by atoms with Gasteiger partial charge in [0.2, 0.25) is 10.0 Å². The second-order valence-corrected chi connectivity index (χ2v) is 9.59. The van der Waals surface area contributed by atoms with Crippen LogP contribution in [0.1, 0.15) is 43.6 Å². The Bertz CT molecular complexity index is 1020. The first-order chi connectivity index (χ1) is 16.3. The van der Waals surface area contributed by atoms with E-state index in [1.807, 2.05) is 18.2 Å². The van der Waals surface area contributed by atoms with E-state index in [0.29, 0.717) is 43.3 Å². The van der Waals surface area contributed by atoms with Gasteiger partial charge in [-0.05, 0) is 55.1 Å². The van der Waals surface area contributed by atoms with Crippen LogP contribution in [0.15, 0.2) is 47.4 Å². The van der Waals surface area contributed by atoms with Crippen molar-refractivity contribution < 1.29 is 22.7 Å². The van der Waals surface area contributed by atoms with Gasteiger partial charge < -0.3 is 19.7 Å². The Kier molecular flexibility index (Phi) is 10.8. The van der Waals surface area contributed by atoms with E-state index in [1.165, 1.54) is 28.6 Å². The first kappa shape index (κ1) is 27.6. The van der Waals surface area contributed by atoms with E-state index < -0.39 is 10.0 Å². The minimum atomic E-state index is -3.55. The van der Waals surface area contributed by atoms with E-state index in [1.54, 1.807) is 21.0 Å². The number of ether oxygens (including phenoxy) is 2. The molecule has 188 valence electrons. The van der Waals surface area contributed by atoms with Gasteiger partial charge in [-0.15, -0.1) is 0 Å². The van der Waals surface area contributed by atoms with Crippen LogP contribution in [0.25, 0.3) is 0 Å². The molecule has 2 rings (SSSR count). The lowest BCUT2D eigenvalue weighted by atomic mass is 10.1. The fraction of sp³-hybridized carbons (Fsp3) is 0.480. The highest BCUT2D eigenvalue weighted by Gasteiger charge is 2.21. The third-order valence-corrected chi connectivity index (χ3v) is 7.76. The summed E-state index contributed by atoms with van der Waals surface area (Å²) in [6, 6.07) is 11.6. The number of benzene rings is 2. The van der Waals surface area contributed by atoms with Crippen molar-refractivity contribution in [3.63, 3.8) is 0 Å². The lowest BCUT2D eigenvalue weighted by Crippen LogP contribution is -2.30. The van der Waals surface area contributed by atoms with Gasteiger partial charge in [0.05, 0.1) is 12.0 Å². The van der Waals surface area contributed by atoms with Gasteiger partial charge >= 0.3 is 0 Å². The number of carbonyl (C=O) groups excluding carboxylic acids is 1.